The number of aryl methyl sites for hydroxylation is 1. The normalized spacial score (nSPS) is 11.6. The Balaban J connectivity index is 2.60. The molecule has 0 unspecified atom stereocenters. The van der Waals surface area contributed by atoms with Crippen LogP contribution in [-0.2, 0) is 6.18 Å². The van der Waals surface area contributed by atoms with Crippen LogP contribution in [0.2, 0.25) is 5.15 Å². The summed E-state index contributed by atoms with van der Waals surface area (Å²) >= 11 is 5.65. The molecule has 0 atom stereocenters. The van der Waals surface area contributed by atoms with Gasteiger partial charge < -0.3 is 0 Å². The number of hydrogen-bond donors (Lipinski definition) is 0. The van der Waals surface area contributed by atoms with Crippen LogP contribution < -0.4 is 0 Å². The van der Waals surface area contributed by atoms with Crippen LogP contribution in [0.15, 0.2) is 36.4 Å². The van der Waals surface area contributed by atoms with Gasteiger partial charge >= 0.3 is 6.18 Å². The number of aromatic nitrogens is 1. The molecule has 0 N–H and O–H groups in total. The highest BCUT2D eigenvalue weighted by molar-refractivity contribution is 6.29. The summed E-state index contributed by atoms with van der Waals surface area (Å²) in [5, 5.41) is -0.164. The lowest BCUT2D eigenvalue weighted by Gasteiger charge is -2.10. The molecule has 0 saturated heterocycles. The van der Waals surface area contributed by atoms with Crippen LogP contribution in [0.5, 0.6) is 0 Å². The molecule has 0 saturated carbocycles. The van der Waals surface area contributed by atoms with E-state index >= 15 is 0 Å². The van der Waals surface area contributed by atoms with E-state index in [1.165, 1.54) is 0 Å². The Morgan fingerprint density at radius 3 is 2.39 bits per heavy atom. The van der Waals surface area contributed by atoms with Crippen LogP contribution in [-0.4, -0.2) is 4.98 Å². The van der Waals surface area contributed by atoms with Gasteiger partial charge in [-0.15, -0.1) is 0 Å². The molecule has 0 aliphatic heterocycles. The number of hydrogen-bond acceptors (Lipinski definition) is 1. The third kappa shape index (κ3) is 2.64. The molecule has 2 aromatic rings. The maximum absolute atomic E-state index is 12.7. The second-order valence-electron chi connectivity index (χ2n) is 3.88. The van der Waals surface area contributed by atoms with E-state index in [2.05, 4.69) is 4.98 Å². The van der Waals surface area contributed by atoms with E-state index in [-0.39, 0.29) is 10.8 Å². The summed E-state index contributed by atoms with van der Waals surface area (Å²) in [5.74, 6) is 0. The SMILES string of the molecule is Cc1ccccc1-c1cc(C(F)(F)F)cc(Cl)n1. The zero-order valence-electron chi connectivity index (χ0n) is 9.42. The molecule has 18 heavy (non-hydrogen) atoms. The van der Waals surface area contributed by atoms with Crippen LogP contribution in [0.4, 0.5) is 13.2 Å². The van der Waals surface area contributed by atoms with Crippen molar-refractivity contribution in [1.29, 1.82) is 0 Å². The number of halogens is 4. The summed E-state index contributed by atoms with van der Waals surface area (Å²) in [6.45, 7) is 1.81. The average molecular weight is 272 g/mol. The van der Waals surface area contributed by atoms with Crippen molar-refractivity contribution >= 4 is 11.6 Å². The minimum atomic E-state index is -4.43. The number of nitrogens with zero attached hydrogens (tertiary/aromatic N) is 1. The van der Waals surface area contributed by atoms with Crippen LogP contribution >= 0.6 is 11.6 Å². The zero-order chi connectivity index (χ0) is 13.3. The monoisotopic (exact) mass is 271 g/mol. The molecular formula is C13H9ClF3N. The lowest BCUT2D eigenvalue weighted by atomic mass is 10.0. The topological polar surface area (TPSA) is 12.9 Å². The van der Waals surface area contributed by atoms with Gasteiger partial charge in [0.15, 0.2) is 0 Å². The highest BCUT2D eigenvalue weighted by Gasteiger charge is 2.31. The molecule has 0 fully saturated rings. The highest BCUT2D eigenvalue weighted by Crippen LogP contribution is 2.33. The van der Waals surface area contributed by atoms with E-state index in [0.29, 0.717) is 5.56 Å². The summed E-state index contributed by atoms with van der Waals surface area (Å²) in [6.07, 6.45) is -4.43. The number of rotatable bonds is 1. The molecule has 0 aliphatic carbocycles. The van der Waals surface area contributed by atoms with E-state index in [9.17, 15) is 13.2 Å². The predicted molar refractivity (Wildman–Crippen MR) is 64.4 cm³/mol. The molecule has 94 valence electrons. The number of alkyl halides is 3. The number of benzene rings is 1. The van der Waals surface area contributed by atoms with Gasteiger partial charge in [-0.1, -0.05) is 35.9 Å². The van der Waals surface area contributed by atoms with E-state index in [0.717, 1.165) is 17.7 Å². The van der Waals surface area contributed by atoms with Gasteiger partial charge in [0, 0.05) is 5.56 Å². The third-order valence-corrected chi connectivity index (χ3v) is 2.74. The van der Waals surface area contributed by atoms with Gasteiger partial charge in [-0.2, -0.15) is 13.2 Å². The fourth-order valence-corrected chi connectivity index (χ4v) is 1.87. The quantitative estimate of drug-likeness (QED) is 0.683. The first-order valence-electron chi connectivity index (χ1n) is 5.19. The first-order valence-corrected chi connectivity index (χ1v) is 5.56. The maximum atomic E-state index is 12.7. The largest absolute Gasteiger partial charge is 0.416 e. The molecule has 0 radical (unpaired) electrons. The Morgan fingerprint density at radius 1 is 1.11 bits per heavy atom. The first kappa shape index (κ1) is 12.9. The minimum Gasteiger partial charge on any atom is -0.236 e. The van der Waals surface area contributed by atoms with Crippen LogP contribution in [0, 0.1) is 6.92 Å². The van der Waals surface area contributed by atoms with Crippen molar-refractivity contribution in [3.63, 3.8) is 0 Å². The average Bonchev–Trinajstić information content (AvgIpc) is 2.27. The molecule has 0 aliphatic rings. The van der Waals surface area contributed by atoms with Gasteiger partial charge in [-0.25, -0.2) is 4.98 Å². The van der Waals surface area contributed by atoms with Crippen LogP contribution in [0.25, 0.3) is 11.3 Å². The lowest BCUT2D eigenvalue weighted by Crippen LogP contribution is -2.06. The van der Waals surface area contributed by atoms with Gasteiger partial charge in [-0.3, -0.25) is 0 Å². The standard InChI is InChI=1S/C13H9ClF3N/c1-8-4-2-3-5-10(8)11-6-9(13(15,16)17)7-12(14)18-11/h2-7H,1H3. The summed E-state index contributed by atoms with van der Waals surface area (Å²) in [5.41, 5.74) is 0.930. The molecule has 1 nitrogen and oxygen atoms in total. The van der Waals surface area contributed by atoms with Gasteiger partial charge in [0.1, 0.15) is 5.15 Å². The van der Waals surface area contributed by atoms with Gasteiger partial charge in [0.05, 0.1) is 11.3 Å². The van der Waals surface area contributed by atoms with Crippen LogP contribution in [0.3, 0.4) is 0 Å². The van der Waals surface area contributed by atoms with Crippen molar-refractivity contribution in [2.75, 3.05) is 0 Å². The summed E-state index contributed by atoms with van der Waals surface area (Å²) in [7, 11) is 0. The zero-order valence-corrected chi connectivity index (χ0v) is 10.2. The summed E-state index contributed by atoms with van der Waals surface area (Å²) in [6, 6.07) is 8.92. The molecular weight excluding hydrogens is 263 g/mol. The Morgan fingerprint density at radius 2 is 1.78 bits per heavy atom. The van der Waals surface area contributed by atoms with Crippen molar-refractivity contribution in [2.45, 2.75) is 13.1 Å². The molecule has 5 heteroatoms. The predicted octanol–water partition coefficient (Wildman–Crippen LogP) is 4.73. The van der Waals surface area contributed by atoms with Gasteiger partial charge in [0.25, 0.3) is 0 Å². The van der Waals surface area contributed by atoms with Crippen molar-refractivity contribution in [3.05, 3.63) is 52.7 Å². The highest BCUT2D eigenvalue weighted by atomic mass is 35.5. The summed E-state index contributed by atoms with van der Waals surface area (Å²) < 4.78 is 38.0. The number of pyridine rings is 1. The lowest BCUT2D eigenvalue weighted by molar-refractivity contribution is -0.137. The van der Waals surface area contributed by atoms with E-state index < -0.39 is 11.7 Å². The van der Waals surface area contributed by atoms with Crippen molar-refractivity contribution in [3.8, 4) is 11.3 Å². The van der Waals surface area contributed by atoms with Crippen molar-refractivity contribution in [1.82, 2.24) is 4.98 Å². The van der Waals surface area contributed by atoms with Gasteiger partial charge in [0.2, 0.25) is 0 Å². The minimum absolute atomic E-state index is 0.164. The maximum Gasteiger partial charge on any atom is 0.416 e. The second kappa shape index (κ2) is 4.61. The molecule has 1 heterocycles. The Labute approximate surface area is 107 Å². The van der Waals surface area contributed by atoms with Gasteiger partial charge in [-0.05, 0) is 24.6 Å². The Kier molecular flexibility index (Phi) is 3.30. The Bertz CT molecular complexity index is 579. The van der Waals surface area contributed by atoms with Crippen LogP contribution in [0.1, 0.15) is 11.1 Å². The summed E-state index contributed by atoms with van der Waals surface area (Å²) in [4.78, 5) is 3.94. The molecule has 0 spiro atoms. The molecule has 1 aromatic carbocycles. The fourth-order valence-electron chi connectivity index (χ4n) is 1.66. The molecule has 0 bridgehead atoms. The third-order valence-electron chi connectivity index (χ3n) is 2.54. The van der Waals surface area contributed by atoms with E-state index in [4.69, 9.17) is 11.6 Å². The molecule has 1 aromatic heterocycles. The van der Waals surface area contributed by atoms with Crippen molar-refractivity contribution < 1.29 is 13.2 Å². The van der Waals surface area contributed by atoms with E-state index in [1.54, 1.807) is 12.1 Å². The molecule has 2 rings (SSSR count). The molecule has 0 amide bonds. The second-order valence-corrected chi connectivity index (χ2v) is 4.26. The fraction of sp³-hybridized carbons (Fsp3) is 0.154. The smallest absolute Gasteiger partial charge is 0.236 e. The van der Waals surface area contributed by atoms with E-state index in [1.807, 2.05) is 19.1 Å². The first-order chi connectivity index (χ1) is 8.38. The Hall–Kier alpha value is -1.55. The van der Waals surface area contributed by atoms with Crippen molar-refractivity contribution in [2.24, 2.45) is 0 Å².